The summed E-state index contributed by atoms with van der Waals surface area (Å²) in [5.74, 6) is -0.985. The van der Waals surface area contributed by atoms with Crippen LogP contribution in [0.15, 0.2) is 23.3 Å². The van der Waals surface area contributed by atoms with Crippen molar-refractivity contribution in [2.75, 3.05) is 0 Å². The molecule has 58 valence electrons. The van der Waals surface area contributed by atoms with Gasteiger partial charge in [-0.05, 0) is 0 Å². The molecule has 1 aromatic heterocycles. The number of hydrogen-bond acceptors (Lipinski definition) is 3. The van der Waals surface area contributed by atoms with Crippen LogP contribution in [0.2, 0.25) is 0 Å². The molecule has 0 bridgehead atoms. The fourth-order valence-corrected chi connectivity index (χ4v) is 0.604. The summed E-state index contributed by atoms with van der Waals surface area (Å²) in [6.07, 6.45) is 2.40. The number of carbonyl (C=O) groups is 1. The monoisotopic (exact) mass is 154 g/mol. The lowest BCUT2D eigenvalue weighted by atomic mass is 10.5. The summed E-state index contributed by atoms with van der Waals surface area (Å²) in [7, 11) is 0. The van der Waals surface area contributed by atoms with E-state index >= 15 is 0 Å². The number of aromatic nitrogens is 2. The molecule has 0 saturated carbocycles. The van der Waals surface area contributed by atoms with Crippen molar-refractivity contribution < 1.29 is 9.90 Å². The molecule has 1 N–H and O–H groups in total. The van der Waals surface area contributed by atoms with E-state index in [2.05, 4.69) is 5.10 Å². The number of rotatable bonds is 2. The number of carboxylic acids is 1. The van der Waals surface area contributed by atoms with Gasteiger partial charge in [0, 0.05) is 12.3 Å². The van der Waals surface area contributed by atoms with Crippen LogP contribution >= 0.6 is 0 Å². The van der Waals surface area contributed by atoms with Gasteiger partial charge in [0.1, 0.15) is 6.54 Å². The second kappa shape index (κ2) is 2.96. The second-order valence-electron chi connectivity index (χ2n) is 1.95. The van der Waals surface area contributed by atoms with E-state index in [1.807, 2.05) is 0 Å². The minimum absolute atomic E-state index is 0.222. The third-order valence-electron chi connectivity index (χ3n) is 1.04. The van der Waals surface area contributed by atoms with Crippen molar-refractivity contribution in [2.24, 2.45) is 0 Å². The van der Waals surface area contributed by atoms with Crippen LogP contribution < -0.4 is 5.43 Å². The molecule has 0 aliphatic carbocycles. The molecule has 0 radical (unpaired) electrons. The maximum absolute atomic E-state index is 10.5. The summed E-state index contributed by atoms with van der Waals surface area (Å²) in [5, 5.41) is 11.8. The molecule has 0 aromatic carbocycles. The van der Waals surface area contributed by atoms with Crippen molar-refractivity contribution in [2.45, 2.75) is 6.54 Å². The van der Waals surface area contributed by atoms with Gasteiger partial charge in [0.05, 0.1) is 6.20 Å². The molecule has 1 heterocycles. The molecule has 1 rings (SSSR count). The van der Waals surface area contributed by atoms with Crippen LogP contribution in [0.25, 0.3) is 0 Å². The van der Waals surface area contributed by atoms with Gasteiger partial charge in [-0.3, -0.25) is 14.3 Å². The van der Waals surface area contributed by atoms with Gasteiger partial charge in [-0.2, -0.15) is 5.10 Å². The van der Waals surface area contributed by atoms with Gasteiger partial charge in [-0.1, -0.05) is 0 Å². The number of nitrogens with zero attached hydrogens (tertiary/aromatic N) is 2. The maximum atomic E-state index is 10.5. The molecule has 5 heteroatoms. The summed E-state index contributed by atoms with van der Waals surface area (Å²) < 4.78 is 1.17. The van der Waals surface area contributed by atoms with E-state index in [9.17, 15) is 9.59 Å². The number of aliphatic carboxylic acids is 1. The Kier molecular flexibility index (Phi) is 2.00. The van der Waals surface area contributed by atoms with Crippen molar-refractivity contribution in [3.05, 3.63) is 28.7 Å². The van der Waals surface area contributed by atoms with Crippen LogP contribution in [0.3, 0.4) is 0 Å². The third kappa shape index (κ3) is 2.21. The molecule has 0 fully saturated rings. The quantitative estimate of drug-likeness (QED) is 0.613. The minimum Gasteiger partial charge on any atom is -0.480 e. The number of hydrogen-bond donors (Lipinski definition) is 1. The zero-order valence-corrected chi connectivity index (χ0v) is 5.60. The first-order valence-electron chi connectivity index (χ1n) is 2.93. The van der Waals surface area contributed by atoms with Crippen molar-refractivity contribution in [1.29, 1.82) is 0 Å². The zero-order chi connectivity index (χ0) is 8.27. The first-order chi connectivity index (χ1) is 5.18. The highest BCUT2D eigenvalue weighted by Gasteiger charge is 1.96. The van der Waals surface area contributed by atoms with Crippen LogP contribution in [-0.4, -0.2) is 20.9 Å². The average Bonchev–Trinajstić information content (AvgIpc) is 1.93. The molecule has 0 aliphatic heterocycles. The highest BCUT2D eigenvalue weighted by Crippen LogP contribution is 1.78. The first-order valence-corrected chi connectivity index (χ1v) is 2.93. The second-order valence-corrected chi connectivity index (χ2v) is 1.95. The van der Waals surface area contributed by atoms with Gasteiger partial charge in [-0.25, -0.2) is 0 Å². The van der Waals surface area contributed by atoms with Crippen LogP contribution in [0.4, 0.5) is 0 Å². The predicted octanol–water partition coefficient (Wildman–Crippen LogP) is -0.672. The normalized spacial score (nSPS) is 9.45. The van der Waals surface area contributed by atoms with E-state index in [4.69, 9.17) is 5.11 Å². The SMILES string of the molecule is O=C(O)Cn1ccc(=O)cn1. The van der Waals surface area contributed by atoms with Crippen molar-refractivity contribution >= 4 is 5.97 Å². The topological polar surface area (TPSA) is 72.2 Å². The Labute approximate surface area is 61.9 Å². The molecule has 0 spiro atoms. The van der Waals surface area contributed by atoms with Gasteiger partial charge < -0.3 is 5.11 Å². The molecule has 0 amide bonds. The van der Waals surface area contributed by atoms with Crippen LogP contribution in [0.5, 0.6) is 0 Å². The standard InChI is InChI=1S/C6H6N2O3/c9-5-1-2-8(7-3-5)4-6(10)11/h1-3H,4H2,(H,10,11). The Hall–Kier alpha value is -1.65. The molecule has 0 aliphatic rings. The van der Waals surface area contributed by atoms with Crippen LogP contribution in [-0.2, 0) is 11.3 Å². The summed E-state index contributed by atoms with van der Waals surface area (Å²) >= 11 is 0. The van der Waals surface area contributed by atoms with Crippen molar-refractivity contribution in [3.8, 4) is 0 Å². The summed E-state index contributed by atoms with van der Waals surface area (Å²) in [4.78, 5) is 20.6. The average molecular weight is 154 g/mol. The maximum Gasteiger partial charge on any atom is 0.325 e. The summed E-state index contributed by atoms with van der Waals surface area (Å²) in [6, 6.07) is 1.26. The molecule has 0 atom stereocenters. The minimum atomic E-state index is -0.985. The fraction of sp³-hybridized carbons (Fsp3) is 0.167. The van der Waals surface area contributed by atoms with Crippen molar-refractivity contribution in [3.63, 3.8) is 0 Å². The van der Waals surface area contributed by atoms with E-state index in [1.54, 1.807) is 0 Å². The molecular formula is C6H6N2O3. The molecule has 0 unspecified atom stereocenters. The van der Waals surface area contributed by atoms with Crippen LogP contribution in [0, 0.1) is 0 Å². The smallest absolute Gasteiger partial charge is 0.325 e. The molecule has 1 aromatic rings. The highest BCUT2D eigenvalue weighted by atomic mass is 16.4. The van der Waals surface area contributed by atoms with Crippen molar-refractivity contribution in [1.82, 2.24) is 9.78 Å². The zero-order valence-electron chi connectivity index (χ0n) is 5.60. The van der Waals surface area contributed by atoms with E-state index < -0.39 is 5.97 Å². The molecule has 11 heavy (non-hydrogen) atoms. The van der Waals surface area contributed by atoms with Gasteiger partial charge in [-0.15, -0.1) is 0 Å². The van der Waals surface area contributed by atoms with Crippen LogP contribution in [0.1, 0.15) is 0 Å². The van der Waals surface area contributed by atoms with E-state index in [0.29, 0.717) is 0 Å². The molecule has 0 saturated heterocycles. The lowest BCUT2D eigenvalue weighted by Gasteiger charge is -1.97. The van der Waals surface area contributed by atoms with Gasteiger partial charge in [0.2, 0.25) is 0 Å². The highest BCUT2D eigenvalue weighted by molar-refractivity contribution is 5.66. The van der Waals surface area contributed by atoms with E-state index in [-0.39, 0.29) is 12.0 Å². The van der Waals surface area contributed by atoms with Gasteiger partial charge >= 0.3 is 5.97 Å². The lowest BCUT2D eigenvalue weighted by molar-refractivity contribution is -0.137. The Morgan fingerprint density at radius 1 is 1.73 bits per heavy atom. The molecular weight excluding hydrogens is 148 g/mol. The van der Waals surface area contributed by atoms with Gasteiger partial charge in [0.25, 0.3) is 0 Å². The lowest BCUT2D eigenvalue weighted by Crippen LogP contribution is -2.14. The van der Waals surface area contributed by atoms with E-state index in [0.717, 1.165) is 6.20 Å². The third-order valence-corrected chi connectivity index (χ3v) is 1.04. The largest absolute Gasteiger partial charge is 0.480 e. The fourth-order valence-electron chi connectivity index (χ4n) is 0.604. The first kappa shape index (κ1) is 7.46. The summed E-state index contributed by atoms with van der Waals surface area (Å²) in [6.45, 7) is -0.222. The predicted molar refractivity (Wildman–Crippen MR) is 36.1 cm³/mol. The Balaban J connectivity index is 2.82. The Bertz CT molecular complexity index is 297. The summed E-state index contributed by atoms with van der Waals surface area (Å²) in [5.41, 5.74) is -0.230. The Morgan fingerprint density at radius 3 is 2.91 bits per heavy atom. The Morgan fingerprint density at radius 2 is 2.45 bits per heavy atom. The molecule has 5 nitrogen and oxygen atoms in total. The van der Waals surface area contributed by atoms with Gasteiger partial charge in [0.15, 0.2) is 5.43 Å². The van der Waals surface area contributed by atoms with E-state index in [1.165, 1.54) is 16.9 Å². The number of carboxylic acid groups (broad SMARTS) is 1.